The molecule has 5 nitrogen and oxygen atoms in total. The van der Waals surface area contributed by atoms with Gasteiger partial charge in [0.2, 0.25) is 0 Å². The van der Waals surface area contributed by atoms with E-state index in [1.165, 1.54) is 12.8 Å². The van der Waals surface area contributed by atoms with Crippen molar-refractivity contribution in [1.29, 1.82) is 0 Å². The van der Waals surface area contributed by atoms with E-state index in [-0.39, 0.29) is 4.90 Å². The Kier molecular flexibility index (Phi) is 4.35. The number of anilines is 2. The second-order valence-electron chi connectivity index (χ2n) is 5.16. The third kappa shape index (κ3) is 3.41. The fourth-order valence-corrected chi connectivity index (χ4v) is 3.72. The van der Waals surface area contributed by atoms with Gasteiger partial charge in [0.15, 0.2) is 0 Å². The zero-order valence-electron chi connectivity index (χ0n) is 11.9. The van der Waals surface area contributed by atoms with Crippen LogP contribution in [0.2, 0.25) is 0 Å². The van der Waals surface area contributed by atoms with E-state index in [0.717, 1.165) is 23.4 Å². The number of sulfonamides is 1. The molecule has 1 aliphatic heterocycles. The summed E-state index contributed by atoms with van der Waals surface area (Å²) in [5.41, 5.74) is 0.464. The van der Waals surface area contributed by atoms with Gasteiger partial charge in [0.1, 0.15) is 5.82 Å². The Hall–Kier alpha value is -1.60. The lowest BCUT2D eigenvalue weighted by Crippen LogP contribution is -2.19. The Morgan fingerprint density at radius 1 is 1.05 bits per heavy atom. The first-order chi connectivity index (χ1) is 10.5. The normalized spacial score (nSPS) is 15.0. The van der Waals surface area contributed by atoms with Crippen molar-refractivity contribution in [2.45, 2.75) is 17.7 Å². The number of nitrogens with one attached hydrogen (secondary N) is 1. The number of pyridine rings is 1. The number of benzene rings is 1. The van der Waals surface area contributed by atoms with Gasteiger partial charge in [0, 0.05) is 17.6 Å². The maximum Gasteiger partial charge on any atom is 0.261 e. The van der Waals surface area contributed by atoms with E-state index >= 15 is 0 Å². The van der Waals surface area contributed by atoms with E-state index in [1.54, 1.807) is 36.5 Å². The Morgan fingerprint density at radius 3 is 2.32 bits per heavy atom. The summed E-state index contributed by atoms with van der Waals surface area (Å²) in [6.07, 6.45) is 3.92. The molecule has 0 aliphatic carbocycles. The minimum absolute atomic E-state index is 0.222. The molecule has 0 amide bonds. The van der Waals surface area contributed by atoms with Gasteiger partial charge >= 0.3 is 0 Å². The van der Waals surface area contributed by atoms with Crippen LogP contribution < -0.4 is 9.62 Å². The van der Waals surface area contributed by atoms with Gasteiger partial charge in [0.25, 0.3) is 10.0 Å². The van der Waals surface area contributed by atoms with Crippen molar-refractivity contribution in [2.24, 2.45) is 0 Å². The molecule has 0 spiro atoms. The standard InChI is InChI=1S/C15H16BrN3O2S/c16-12-3-6-14(7-4-12)22(20,21)18-13-5-8-15(17-11-13)19-9-1-2-10-19/h3-8,11,18H,1-2,9-10H2. The van der Waals surface area contributed by atoms with E-state index in [1.807, 2.05) is 6.07 Å². The third-order valence-electron chi connectivity index (χ3n) is 3.55. The molecular formula is C15H16BrN3O2S. The first-order valence-electron chi connectivity index (χ1n) is 7.04. The van der Waals surface area contributed by atoms with Crippen LogP contribution in [0, 0.1) is 0 Å². The van der Waals surface area contributed by atoms with Crippen LogP contribution in [0.15, 0.2) is 52.0 Å². The second kappa shape index (κ2) is 6.26. The molecule has 0 atom stereocenters. The van der Waals surface area contributed by atoms with Gasteiger partial charge in [-0.2, -0.15) is 0 Å². The molecule has 1 N–H and O–H groups in total. The van der Waals surface area contributed by atoms with Crippen molar-refractivity contribution >= 4 is 37.5 Å². The fraction of sp³-hybridized carbons (Fsp3) is 0.267. The lowest BCUT2D eigenvalue weighted by atomic mass is 10.4. The van der Waals surface area contributed by atoms with Gasteiger partial charge < -0.3 is 4.90 Å². The van der Waals surface area contributed by atoms with Crippen LogP contribution in [-0.4, -0.2) is 26.5 Å². The Morgan fingerprint density at radius 2 is 1.73 bits per heavy atom. The van der Waals surface area contributed by atoms with Crippen LogP contribution in [0.1, 0.15) is 12.8 Å². The summed E-state index contributed by atoms with van der Waals surface area (Å²) in [4.78, 5) is 6.77. The van der Waals surface area contributed by atoms with Crippen LogP contribution in [-0.2, 0) is 10.0 Å². The summed E-state index contributed by atoms with van der Waals surface area (Å²) in [6.45, 7) is 2.02. The largest absolute Gasteiger partial charge is 0.357 e. The SMILES string of the molecule is O=S(=O)(Nc1ccc(N2CCCC2)nc1)c1ccc(Br)cc1. The van der Waals surface area contributed by atoms with E-state index in [2.05, 4.69) is 30.5 Å². The van der Waals surface area contributed by atoms with Crippen molar-refractivity contribution < 1.29 is 8.42 Å². The number of hydrogen-bond acceptors (Lipinski definition) is 4. The summed E-state index contributed by atoms with van der Waals surface area (Å²) >= 11 is 3.29. The molecule has 7 heteroatoms. The molecule has 2 heterocycles. The summed E-state index contributed by atoms with van der Waals surface area (Å²) in [5.74, 6) is 0.893. The maximum absolute atomic E-state index is 12.3. The van der Waals surface area contributed by atoms with Crippen LogP contribution in [0.25, 0.3) is 0 Å². The molecule has 2 aromatic rings. The number of aromatic nitrogens is 1. The predicted octanol–water partition coefficient (Wildman–Crippen LogP) is 3.25. The van der Waals surface area contributed by atoms with E-state index in [0.29, 0.717) is 5.69 Å². The zero-order chi connectivity index (χ0) is 15.6. The van der Waals surface area contributed by atoms with Crippen LogP contribution in [0.3, 0.4) is 0 Å². The molecule has 3 rings (SSSR count). The molecule has 1 aromatic heterocycles. The molecule has 1 saturated heterocycles. The highest BCUT2D eigenvalue weighted by Gasteiger charge is 2.16. The molecule has 22 heavy (non-hydrogen) atoms. The Bertz CT molecular complexity index is 739. The van der Waals surface area contributed by atoms with Gasteiger partial charge in [-0.15, -0.1) is 0 Å². The highest BCUT2D eigenvalue weighted by atomic mass is 79.9. The summed E-state index contributed by atoms with van der Waals surface area (Å²) in [7, 11) is -3.59. The Labute approximate surface area is 138 Å². The first-order valence-corrected chi connectivity index (χ1v) is 9.32. The lowest BCUT2D eigenvalue weighted by molar-refractivity contribution is 0.601. The third-order valence-corrected chi connectivity index (χ3v) is 5.48. The molecule has 1 aliphatic rings. The smallest absolute Gasteiger partial charge is 0.261 e. The Balaban J connectivity index is 1.75. The first kappa shape index (κ1) is 15.3. The lowest BCUT2D eigenvalue weighted by Gasteiger charge is -2.16. The van der Waals surface area contributed by atoms with E-state index < -0.39 is 10.0 Å². The summed E-state index contributed by atoms with van der Waals surface area (Å²) < 4.78 is 28.0. The van der Waals surface area contributed by atoms with Gasteiger partial charge in [0.05, 0.1) is 16.8 Å². The summed E-state index contributed by atoms with van der Waals surface area (Å²) in [6, 6.07) is 10.1. The average Bonchev–Trinajstić information content (AvgIpc) is 3.02. The molecule has 116 valence electrons. The van der Waals surface area contributed by atoms with Crippen LogP contribution in [0.4, 0.5) is 11.5 Å². The molecule has 0 bridgehead atoms. The van der Waals surface area contributed by atoms with Crippen molar-refractivity contribution in [1.82, 2.24) is 4.98 Å². The van der Waals surface area contributed by atoms with Gasteiger partial charge in [-0.05, 0) is 49.2 Å². The topological polar surface area (TPSA) is 62.3 Å². The minimum Gasteiger partial charge on any atom is -0.357 e. The van der Waals surface area contributed by atoms with Crippen LogP contribution in [0.5, 0.6) is 0 Å². The van der Waals surface area contributed by atoms with E-state index in [4.69, 9.17) is 0 Å². The minimum atomic E-state index is -3.59. The van der Waals surface area contributed by atoms with Gasteiger partial charge in [-0.3, -0.25) is 4.72 Å². The second-order valence-corrected chi connectivity index (χ2v) is 7.76. The van der Waals surface area contributed by atoms with Crippen LogP contribution >= 0.6 is 15.9 Å². The van der Waals surface area contributed by atoms with Gasteiger partial charge in [-0.1, -0.05) is 15.9 Å². The number of nitrogens with zero attached hydrogens (tertiary/aromatic N) is 2. The quantitative estimate of drug-likeness (QED) is 0.882. The van der Waals surface area contributed by atoms with Gasteiger partial charge in [-0.25, -0.2) is 13.4 Å². The molecule has 0 radical (unpaired) electrons. The molecular weight excluding hydrogens is 366 g/mol. The molecule has 1 aromatic carbocycles. The fourth-order valence-electron chi connectivity index (χ4n) is 2.41. The molecule has 0 unspecified atom stereocenters. The van der Waals surface area contributed by atoms with Crippen molar-refractivity contribution in [3.05, 3.63) is 47.1 Å². The highest BCUT2D eigenvalue weighted by molar-refractivity contribution is 9.10. The summed E-state index contributed by atoms with van der Waals surface area (Å²) in [5, 5.41) is 0. The average molecular weight is 382 g/mol. The highest BCUT2D eigenvalue weighted by Crippen LogP contribution is 2.21. The monoisotopic (exact) mass is 381 g/mol. The van der Waals surface area contributed by atoms with Crippen molar-refractivity contribution in [3.63, 3.8) is 0 Å². The predicted molar refractivity (Wildman–Crippen MR) is 90.6 cm³/mol. The zero-order valence-corrected chi connectivity index (χ0v) is 14.3. The van der Waals surface area contributed by atoms with Crippen molar-refractivity contribution in [2.75, 3.05) is 22.7 Å². The van der Waals surface area contributed by atoms with Crippen molar-refractivity contribution in [3.8, 4) is 0 Å². The number of rotatable bonds is 4. The number of hydrogen-bond donors (Lipinski definition) is 1. The molecule has 1 fully saturated rings. The van der Waals surface area contributed by atoms with E-state index in [9.17, 15) is 8.42 Å². The number of halogens is 1. The maximum atomic E-state index is 12.3. The molecule has 0 saturated carbocycles.